The van der Waals surface area contributed by atoms with Gasteiger partial charge in [0, 0.05) is 31.1 Å². The van der Waals surface area contributed by atoms with E-state index in [9.17, 15) is 0 Å². The second-order valence-corrected chi connectivity index (χ2v) is 6.78. The molecule has 0 aliphatic carbocycles. The number of pyridine rings is 1. The minimum atomic E-state index is 0.642. The summed E-state index contributed by atoms with van der Waals surface area (Å²) in [7, 11) is 1.82. The van der Waals surface area contributed by atoms with E-state index in [1.807, 2.05) is 44.3 Å². The highest BCUT2D eigenvalue weighted by molar-refractivity contribution is 7.80. The monoisotopic (exact) mass is 375 g/mol. The number of imidazole rings is 1. The molecule has 27 heavy (non-hydrogen) atoms. The van der Waals surface area contributed by atoms with E-state index in [2.05, 4.69) is 39.5 Å². The number of nitrogens with zero attached hydrogens (tertiary/aromatic N) is 3. The lowest BCUT2D eigenvalue weighted by Crippen LogP contribution is -2.34. The molecule has 0 fully saturated rings. The zero-order chi connectivity index (χ0) is 18.8. The van der Waals surface area contributed by atoms with E-state index >= 15 is 0 Å². The van der Waals surface area contributed by atoms with Gasteiger partial charge in [0.2, 0.25) is 0 Å². The fraction of sp³-hybridized carbons (Fsp3) is 0.190. The van der Waals surface area contributed by atoms with Gasteiger partial charge in [-0.2, -0.15) is 0 Å². The van der Waals surface area contributed by atoms with Crippen LogP contribution in [0.2, 0.25) is 0 Å². The van der Waals surface area contributed by atoms with Crippen LogP contribution in [0.25, 0.3) is 33.3 Å². The topological polar surface area (TPSA) is 54.8 Å². The van der Waals surface area contributed by atoms with Crippen LogP contribution in [0.5, 0.6) is 0 Å². The molecule has 0 bridgehead atoms. The number of hydrogen-bond donors (Lipinski definition) is 2. The summed E-state index contributed by atoms with van der Waals surface area (Å²) in [5, 5.41) is 7.94. The Bertz CT molecular complexity index is 1120. The molecule has 2 aromatic heterocycles. The number of aromatic nitrogens is 3. The first-order valence-corrected chi connectivity index (χ1v) is 9.36. The van der Waals surface area contributed by atoms with Crippen molar-refractivity contribution in [1.82, 2.24) is 25.2 Å². The summed E-state index contributed by atoms with van der Waals surface area (Å²) in [6, 6.07) is 18.5. The van der Waals surface area contributed by atoms with Gasteiger partial charge in [-0.25, -0.2) is 4.98 Å². The molecule has 136 valence electrons. The van der Waals surface area contributed by atoms with E-state index in [-0.39, 0.29) is 0 Å². The van der Waals surface area contributed by atoms with Crippen LogP contribution in [-0.4, -0.2) is 33.2 Å². The van der Waals surface area contributed by atoms with Crippen molar-refractivity contribution in [3.8, 4) is 11.4 Å². The third kappa shape index (κ3) is 3.24. The van der Waals surface area contributed by atoms with E-state index in [0.717, 1.165) is 45.6 Å². The van der Waals surface area contributed by atoms with E-state index < -0.39 is 0 Å². The Hall–Kier alpha value is -2.99. The van der Waals surface area contributed by atoms with Gasteiger partial charge in [0.05, 0.1) is 16.7 Å². The summed E-state index contributed by atoms with van der Waals surface area (Å²) in [5.74, 6) is 0.948. The Balaban J connectivity index is 1.93. The minimum Gasteiger partial charge on any atom is -0.366 e. The van der Waals surface area contributed by atoms with Gasteiger partial charge in [0.1, 0.15) is 11.3 Å². The Morgan fingerprint density at radius 2 is 1.78 bits per heavy atom. The lowest BCUT2D eigenvalue weighted by molar-refractivity contribution is 0.694. The minimum absolute atomic E-state index is 0.642. The molecule has 5 nitrogen and oxygen atoms in total. The van der Waals surface area contributed by atoms with Crippen molar-refractivity contribution in [2.75, 3.05) is 13.6 Å². The van der Waals surface area contributed by atoms with Gasteiger partial charge in [0.15, 0.2) is 5.11 Å². The van der Waals surface area contributed by atoms with Crippen LogP contribution >= 0.6 is 12.2 Å². The fourth-order valence-electron chi connectivity index (χ4n) is 3.38. The van der Waals surface area contributed by atoms with E-state index in [4.69, 9.17) is 22.2 Å². The highest BCUT2D eigenvalue weighted by Gasteiger charge is 2.17. The normalized spacial score (nSPS) is 11.0. The van der Waals surface area contributed by atoms with Crippen molar-refractivity contribution < 1.29 is 0 Å². The number of benzene rings is 2. The molecule has 0 amide bonds. The number of hydrogen-bond acceptors (Lipinski definition) is 3. The number of nitrogens with one attached hydrogen (secondary N) is 2. The molecule has 4 aromatic rings. The van der Waals surface area contributed by atoms with Gasteiger partial charge >= 0.3 is 0 Å². The maximum absolute atomic E-state index is 5.21. The Kier molecular flexibility index (Phi) is 4.73. The second-order valence-electron chi connectivity index (χ2n) is 6.37. The smallest absolute Gasteiger partial charge is 0.166 e. The summed E-state index contributed by atoms with van der Waals surface area (Å²) in [6.07, 6.45) is 0. The lowest BCUT2D eigenvalue weighted by Gasteiger charge is -2.12. The second kappa shape index (κ2) is 7.32. The first kappa shape index (κ1) is 17.4. The maximum Gasteiger partial charge on any atom is 0.166 e. The van der Waals surface area contributed by atoms with Gasteiger partial charge < -0.3 is 15.2 Å². The SMILES string of the molecule is CNC(=S)NCCn1c(-c2ccccc2)nc2c(C)nc3ccccc3c21. The van der Waals surface area contributed by atoms with Gasteiger partial charge in [0.25, 0.3) is 0 Å². The summed E-state index contributed by atoms with van der Waals surface area (Å²) in [5.41, 5.74) is 5.09. The Labute approximate surface area is 163 Å². The molecule has 0 unspecified atom stereocenters. The van der Waals surface area contributed by atoms with Crippen LogP contribution in [0.15, 0.2) is 54.6 Å². The van der Waals surface area contributed by atoms with E-state index in [1.54, 1.807) is 0 Å². The highest BCUT2D eigenvalue weighted by atomic mass is 32.1. The van der Waals surface area contributed by atoms with Crippen molar-refractivity contribution >= 4 is 39.3 Å². The Morgan fingerprint density at radius 3 is 2.56 bits per heavy atom. The lowest BCUT2D eigenvalue weighted by atomic mass is 10.1. The standard InChI is InChI=1S/C21H21N5S/c1-14-18-19(16-10-6-7-11-17(16)24-14)26(13-12-23-21(27)22-2)20(25-18)15-8-4-3-5-9-15/h3-11H,12-13H2,1-2H3,(H2,22,23,27). The van der Waals surface area contributed by atoms with E-state index in [0.29, 0.717) is 11.7 Å². The number of aryl methyl sites for hydroxylation is 1. The maximum atomic E-state index is 5.21. The molecule has 0 saturated carbocycles. The summed E-state index contributed by atoms with van der Waals surface area (Å²) < 4.78 is 2.27. The van der Waals surface area contributed by atoms with Crippen LogP contribution in [-0.2, 0) is 6.54 Å². The quantitative estimate of drug-likeness (QED) is 0.533. The number of para-hydroxylation sites is 1. The zero-order valence-electron chi connectivity index (χ0n) is 15.4. The predicted molar refractivity (Wildman–Crippen MR) is 115 cm³/mol. The van der Waals surface area contributed by atoms with Crippen LogP contribution in [0.1, 0.15) is 5.69 Å². The molecule has 0 aliphatic rings. The average Bonchev–Trinajstić information content (AvgIpc) is 3.09. The van der Waals surface area contributed by atoms with Crippen molar-refractivity contribution in [3.05, 3.63) is 60.3 Å². The molecular weight excluding hydrogens is 354 g/mol. The first-order chi connectivity index (χ1) is 13.2. The van der Waals surface area contributed by atoms with Crippen molar-refractivity contribution in [2.45, 2.75) is 13.5 Å². The van der Waals surface area contributed by atoms with Gasteiger partial charge in [-0.05, 0) is 25.2 Å². The highest BCUT2D eigenvalue weighted by Crippen LogP contribution is 2.31. The molecule has 0 saturated heterocycles. The van der Waals surface area contributed by atoms with Gasteiger partial charge in [-0.1, -0.05) is 48.5 Å². The van der Waals surface area contributed by atoms with Crippen molar-refractivity contribution in [3.63, 3.8) is 0 Å². The van der Waals surface area contributed by atoms with Crippen molar-refractivity contribution in [1.29, 1.82) is 0 Å². The zero-order valence-corrected chi connectivity index (χ0v) is 16.2. The average molecular weight is 376 g/mol. The third-order valence-corrected chi connectivity index (χ3v) is 4.99. The summed E-state index contributed by atoms with van der Waals surface area (Å²) >= 11 is 5.21. The molecule has 2 aromatic carbocycles. The summed E-state index contributed by atoms with van der Waals surface area (Å²) in [6.45, 7) is 3.48. The fourth-order valence-corrected chi connectivity index (χ4v) is 3.48. The summed E-state index contributed by atoms with van der Waals surface area (Å²) in [4.78, 5) is 9.73. The first-order valence-electron chi connectivity index (χ1n) is 8.95. The molecule has 0 aliphatic heterocycles. The number of rotatable bonds is 4. The molecular formula is C21H21N5S. The predicted octanol–water partition coefficient (Wildman–Crippen LogP) is 3.65. The molecule has 6 heteroatoms. The number of thiocarbonyl (C=S) groups is 1. The largest absolute Gasteiger partial charge is 0.366 e. The van der Waals surface area contributed by atoms with Crippen LogP contribution < -0.4 is 10.6 Å². The third-order valence-electron chi connectivity index (χ3n) is 4.64. The van der Waals surface area contributed by atoms with E-state index in [1.165, 1.54) is 0 Å². The van der Waals surface area contributed by atoms with Crippen LogP contribution in [0, 0.1) is 6.92 Å². The van der Waals surface area contributed by atoms with Gasteiger partial charge in [-0.15, -0.1) is 0 Å². The van der Waals surface area contributed by atoms with Crippen LogP contribution in [0.4, 0.5) is 0 Å². The number of fused-ring (bicyclic) bond motifs is 3. The molecule has 0 spiro atoms. The van der Waals surface area contributed by atoms with Crippen molar-refractivity contribution in [2.24, 2.45) is 0 Å². The Morgan fingerprint density at radius 1 is 1.04 bits per heavy atom. The molecule has 2 heterocycles. The molecule has 0 radical (unpaired) electrons. The molecule has 0 atom stereocenters. The van der Waals surface area contributed by atoms with Crippen LogP contribution in [0.3, 0.4) is 0 Å². The molecule has 2 N–H and O–H groups in total. The van der Waals surface area contributed by atoms with Gasteiger partial charge in [-0.3, -0.25) is 4.98 Å². The molecule has 4 rings (SSSR count).